The van der Waals surface area contributed by atoms with Gasteiger partial charge in [0.05, 0.1) is 27.8 Å². The van der Waals surface area contributed by atoms with Crippen molar-refractivity contribution in [3.8, 4) is 0 Å². The van der Waals surface area contributed by atoms with Crippen molar-refractivity contribution < 1.29 is 31.1 Å². The monoisotopic (exact) mass is 464 g/mol. The van der Waals surface area contributed by atoms with E-state index in [0.29, 0.717) is 10.4 Å². The fraction of sp³-hybridized carbons (Fsp3) is 0.316. The number of benzene rings is 2. The van der Waals surface area contributed by atoms with Gasteiger partial charge in [-0.25, -0.2) is 8.42 Å². The van der Waals surface area contributed by atoms with Crippen molar-refractivity contribution in [1.82, 2.24) is 5.32 Å². The van der Waals surface area contributed by atoms with Crippen molar-refractivity contribution in [3.63, 3.8) is 0 Å². The molecule has 0 bridgehead atoms. The molecule has 0 aliphatic rings. The molecule has 164 valence electrons. The van der Waals surface area contributed by atoms with Crippen molar-refractivity contribution in [1.29, 1.82) is 0 Å². The van der Waals surface area contributed by atoms with E-state index in [-0.39, 0.29) is 16.5 Å². The number of rotatable bonds is 8. The van der Waals surface area contributed by atoms with Crippen LogP contribution in [0.4, 0.5) is 18.9 Å². The topological polar surface area (TPSA) is 75.7 Å². The van der Waals surface area contributed by atoms with Gasteiger partial charge in [0.15, 0.2) is 0 Å². The number of hydrogen-bond acceptors (Lipinski definition) is 4. The molecule has 0 heterocycles. The molecule has 1 atom stereocenters. The van der Waals surface area contributed by atoms with Crippen LogP contribution in [-0.4, -0.2) is 40.6 Å². The minimum Gasteiger partial charge on any atom is -0.383 e. The van der Waals surface area contributed by atoms with E-state index in [0.717, 1.165) is 12.1 Å². The second-order valence-corrected chi connectivity index (χ2v) is 8.68. The minimum absolute atomic E-state index is 0.168. The second kappa shape index (κ2) is 9.67. The molecule has 0 saturated heterocycles. The number of ether oxygens (including phenoxy) is 1. The summed E-state index contributed by atoms with van der Waals surface area (Å²) in [5.74, 6) is -0.729. The number of nitrogens with one attached hydrogen (secondary N) is 1. The van der Waals surface area contributed by atoms with Crippen LogP contribution in [0.25, 0.3) is 0 Å². The summed E-state index contributed by atoms with van der Waals surface area (Å²) >= 11 is 6.05. The molecule has 0 saturated carbocycles. The first-order valence-electron chi connectivity index (χ1n) is 8.69. The van der Waals surface area contributed by atoms with E-state index >= 15 is 0 Å². The van der Waals surface area contributed by atoms with Gasteiger partial charge in [-0.05, 0) is 37.3 Å². The summed E-state index contributed by atoms with van der Waals surface area (Å²) in [5, 5.41) is 2.28. The number of methoxy groups -OCH3 is 1. The van der Waals surface area contributed by atoms with Crippen molar-refractivity contribution >= 4 is 33.2 Å². The third-order valence-electron chi connectivity index (χ3n) is 3.98. The summed E-state index contributed by atoms with van der Waals surface area (Å²) in [6.07, 6.45) is -4.73. The first-order valence-corrected chi connectivity index (χ1v) is 10.5. The van der Waals surface area contributed by atoms with Crippen molar-refractivity contribution in [2.45, 2.75) is 24.0 Å². The van der Waals surface area contributed by atoms with Gasteiger partial charge in [0.2, 0.25) is 5.91 Å². The number of carbonyl (C=O) groups excluding carboxylic acids is 1. The van der Waals surface area contributed by atoms with Crippen LogP contribution in [0.5, 0.6) is 0 Å². The molecule has 1 N–H and O–H groups in total. The van der Waals surface area contributed by atoms with E-state index in [1.807, 2.05) is 0 Å². The zero-order chi connectivity index (χ0) is 22.5. The van der Waals surface area contributed by atoms with Gasteiger partial charge in [-0.2, -0.15) is 13.2 Å². The fourth-order valence-electron chi connectivity index (χ4n) is 2.64. The number of halogens is 4. The molecule has 1 amide bonds. The van der Waals surface area contributed by atoms with E-state index in [9.17, 15) is 26.4 Å². The third kappa shape index (κ3) is 5.87. The molecule has 0 unspecified atom stereocenters. The van der Waals surface area contributed by atoms with Crippen molar-refractivity contribution in [2.24, 2.45) is 0 Å². The molecule has 11 heteroatoms. The molecule has 0 aliphatic heterocycles. The normalized spacial score (nSPS) is 13.0. The molecular formula is C19H20ClF3N2O4S. The Bertz CT molecular complexity index is 985. The average molecular weight is 465 g/mol. The lowest BCUT2D eigenvalue weighted by Crippen LogP contribution is -2.44. The maximum Gasteiger partial charge on any atom is 0.416 e. The first kappa shape index (κ1) is 24.0. The quantitative estimate of drug-likeness (QED) is 0.646. The average Bonchev–Trinajstić information content (AvgIpc) is 2.66. The summed E-state index contributed by atoms with van der Waals surface area (Å²) in [4.78, 5) is 12.2. The van der Waals surface area contributed by atoms with Crippen LogP contribution in [0, 0.1) is 0 Å². The van der Waals surface area contributed by atoms with Gasteiger partial charge in [0.1, 0.15) is 6.54 Å². The van der Waals surface area contributed by atoms with Gasteiger partial charge < -0.3 is 10.1 Å². The number of amides is 1. The van der Waals surface area contributed by atoms with E-state index in [4.69, 9.17) is 16.3 Å². The predicted molar refractivity (Wildman–Crippen MR) is 107 cm³/mol. The van der Waals surface area contributed by atoms with Crippen LogP contribution in [0.3, 0.4) is 0 Å². The highest BCUT2D eigenvalue weighted by Crippen LogP contribution is 2.37. The number of nitrogens with zero attached hydrogens (tertiary/aromatic N) is 1. The van der Waals surface area contributed by atoms with Gasteiger partial charge in [0.25, 0.3) is 10.0 Å². The van der Waals surface area contributed by atoms with Gasteiger partial charge in [-0.3, -0.25) is 9.10 Å². The molecule has 0 spiro atoms. The molecular weight excluding hydrogens is 445 g/mol. The fourth-order valence-corrected chi connectivity index (χ4v) is 4.36. The lowest BCUT2D eigenvalue weighted by Gasteiger charge is -2.26. The highest BCUT2D eigenvalue weighted by atomic mass is 35.5. The number of alkyl halides is 3. The first-order chi connectivity index (χ1) is 14.0. The Hall–Kier alpha value is -2.30. The molecule has 30 heavy (non-hydrogen) atoms. The molecule has 2 rings (SSSR count). The van der Waals surface area contributed by atoms with E-state index < -0.39 is 45.9 Å². The summed E-state index contributed by atoms with van der Waals surface area (Å²) in [6.45, 7) is 1.03. The largest absolute Gasteiger partial charge is 0.416 e. The summed E-state index contributed by atoms with van der Waals surface area (Å²) in [6, 6.07) is 8.89. The van der Waals surface area contributed by atoms with E-state index in [1.165, 1.54) is 31.4 Å². The summed E-state index contributed by atoms with van der Waals surface area (Å²) in [5.41, 5.74) is -1.55. The predicted octanol–water partition coefficient (Wildman–Crippen LogP) is 3.71. The Balaban J connectivity index is 2.54. The number of carbonyl (C=O) groups is 1. The highest BCUT2D eigenvalue weighted by Gasteiger charge is 2.34. The maximum absolute atomic E-state index is 13.2. The van der Waals surface area contributed by atoms with Crippen LogP contribution in [0.2, 0.25) is 5.02 Å². The smallest absolute Gasteiger partial charge is 0.383 e. The van der Waals surface area contributed by atoms with Crippen LogP contribution < -0.4 is 9.62 Å². The summed E-state index contributed by atoms with van der Waals surface area (Å²) < 4.78 is 71.4. The molecule has 0 aliphatic carbocycles. The Morgan fingerprint density at radius 3 is 2.40 bits per heavy atom. The SMILES string of the molecule is COC[C@H](C)NC(=O)CN(c1cc(C(F)(F)F)ccc1Cl)S(=O)(=O)c1ccccc1. The zero-order valence-corrected chi connectivity index (χ0v) is 17.7. The number of sulfonamides is 1. The van der Waals surface area contributed by atoms with Gasteiger partial charge in [0, 0.05) is 13.2 Å². The van der Waals surface area contributed by atoms with Crippen molar-refractivity contribution in [2.75, 3.05) is 24.6 Å². The Labute approximate surface area is 177 Å². The lowest BCUT2D eigenvalue weighted by molar-refractivity contribution is -0.137. The Morgan fingerprint density at radius 2 is 1.83 bits per heavy atom. The summed E-state index contributed by atoms with van der Waals surface area (Å²) in [7, 11) is -2.96. The maximum atomic E-state index is 13.2. The lowest BCUT2D eigenvalue weighted by atomic mass is 10.2. The van der Waals surface area contributed by atoms with Gasteiger partial charge in [-0.15, -0.1) is 0 Å². The van der Waals surface area contributed by atoms with E-state index in [1.54, 1.807) is 13.0 Å². The standard InChI is InChI=1S/C19H20ClF3N2O4S/c1-13(12-29-2)24-18(26)11-25(30(27,28)15-6-4-3-5-7-15)17-10-14(19(21,22)23)8-9-16(17)20/h3-10,13H,11-12H2,1-2H3,(H,24,26)/t13-/m0/s1. The Morgan fingerprint density at radius 1 is 1.20 bits per heavy atom. The Kier molecular flexibility index (Phi) is 7.73. The van der Waals surface area contributed by atoms with Crippen LogP contribution in [-0.2, 0) is 25.7 Å². The number of anilines is 1. The molecule has 0 fully saturated rings. The highest BCUT2D eigenvalue weighted by molar-refractivity contribution is 7.92. The van der Waals surface area contributed by atoms with Crippen LogP contribution in [0.15, 0.2) is 53.4 Å². The van der Waals surface area contributed by atoms with E-state index in [2.05, 4.69) is 5.32 Å². The van der Waals surface area contributed by atoms with Gasteiger partial charge >= 0.3 is 6.18 Å². The third-order valence-corrected chi connectivity index (χ3v) is 6.08. The second-order valence-electron chi connectivity index (χ2n) is 6.41. The molecule has 2 aromatic rings. The minimum atomic E-state index is -4.73. The molecule has 0 aromatic heterocycles. The van der Waals surface area contributed by atoms with Crippen molar-refractivity contribution in [3.05, 3.63) is 59.1 Å². The van der Waals surface area contributed by atoms with Crippen LogP contribution in [0.1, 0.15) is 12.5 Å². The molecule has 0 radical (unpaired) electrons. The molecule has 6 nitrogen and oxygen atoms in total. The number of hydrogen-bond donors (Lipinski definition) is 1. The van der Waals surface area contributed by atoms with Crippen LogP contribution >= 0.6 is 11.6 Å². The van der Waals surface area contributed by atoms with Gasteiger partial charge in [-0.1, -0.05) is 29.8 Å². The zero-order valence-electron chi connectivity index (χ0n) is 16.1. The molecule has 2 aromatic carbocycles.